The van der Waals surface area contributed by atoms with Crippen molar-refractivity contribution >= 4 is 163 Å². The Kier molecular flexibility index (Phi) is 20.0. The van der Waals surface area contributed by atoms with Gasteiger partial charge in [-0.1, -0.05) is 479 Å². The van der Waals surface area contributed by atoms with Gasteiger partial charge in [0.05, 0.1) is 0 Å². The van der Waals surface area contributed by atoms with E-state index in [0.717, 1.165) is 88.1 Å². The molecule has 0 atom stereocenters. The zero-order valence-corrected chi connectivity index (χ0v) is 76.9. The number of hydrogen-bond donors (Lipinski definition) is 0. The zero-order valence-electron chi connectivity index (χ0n) is 76.9. The van der Waals surface area contributed by atoms with Gasteiger partial charge < -0.3 is 13.3 Å². The standard InChI is InChI=1S/2C48H30O.C42H26O/c1-3-15-31(16-4-1)33-23-11-29-43-47-38(28-14-30-44(47)49-48(33)43)36-26-12-25-35-34(36)24-13-27-37(35)46-41-21-9-7-19-39(41)45(32-17-5-2-6-18-32)40-20-8-10-22-42(40)46;1-3-15-31(16-4-1)43-29-33(30-44-37-19-11-12-28-45(37)49-48(43)44)34-24-13-26-36-35(34)25-14-27-38(36)47-41-22-9-7-20-39(41)46(32-17-5-2-6-18-32)40-21-8-10-23-42(40)47;1-2-12-27(13-3-1)41-34-15-4-6-17-36(34)42(37-18-7-5-16-35(37)41)33-22-11-20-30-29(19-10-21-31(30)33)28-24-25-40-38(26-28)32-14-8-9-23-39(32)43-40/h2*1-30H;1-26H. The Morgan fingerprint density at radius 2 is 0.348 bits per heavy atom. The highest BCUT2D eigenvalue weighted by Gasteiger charge is 2.27. The Labute approximate surface area is 814 Å². The lowest BCUT2D eigenvalue weighted by atomic mass is 9.84. The molecule has 0 aliphatic rings. The highest BCUT2D eigenvalue weighted by molar-refractivity contribution is 6.29. The molecule has 0 N–H and O–H groups in total. The second-order valence-electron chi connectivity index (χ2n) is 36.7. The fourth-order valence-electron chi connectivity index (χ4n) is 23.0. The van der Waals surface area contributed by atoms with Crippen LogP contribution >= 0.6 is 0 Å². The SMILES string of the molecule is c1ccc(-c2c3ccccc3c(-c3cccc4c(-c5cc(-c6ccccc6)c6oc7ccccc7c6c5)cccc34)c3ccccc23)cc1.c1ccc(-c2c3ccccc3c(-c3cccc4c(-c5ccc6oc7ccccc7c6c5)cccc34)c3ccccc23)cc1.c1ccc(-c2c3ccccc3c(-c3cccc4c(-c5cccc6oc7c(-c8ccccc8)cccc7c56)cccc34)c3ccccc23)cc1. The molecule has 0 saturated heterocycles. The smallest absolute Gasteiger partial charge is 0.143 e. The molecule has 0 amide bonds. The predicted octanol–water partition coefficient (Wildman–Crippen LogP) is 39.5. The van der Waals surface area contributed by atoms with Crippen LogP contribution < -0.4 is 0 Å². The summed E-state index contributed by atoms with van der Waals surface area (Å²) in [6, 6.07) is 188. The van der Waals surface area contributed by atoms with E-state index in [1.54, 1.807) is 0 Å². The number of hydrogen-bond acceptors (Lipinski definition) is 3. The summed E-state index contributed by atoms with van der Waals surface area (Å²) in [4.78, 5) is 0. The first-order valence-electron chi connectivity index (χ1n) is 48.5. The van der Waals surface area contributed by atoms with Crippen molar-refractivity contribution in [3.05, 3.63) is 522 Å². The molecule has 26 aromatic carbocycles. The van der Waals surface area contributed by atoms with E-state index in [9.17, 15) is 0 Å². The van der Waals surface area contributed by atoms with Gasteiger partial charge in [-0.15, -0.1) is 0 Å². The monoisotopic (exact) mass is 1790 g/mol. The number of para-hydroxylation sites is 3. The van der Waals surface area contributed by atoms with Crippen molar-refractivity contribution < 1.29 is 13.3 Å². The summed E-state index contributed by atoms with van der Waals surface area (Å²) in [6.45, 7) is 0. The number of fused-ring (bicyclic) bond motifs is 18. The molecule has 29 rings (SSSR count). The van der Waals surface area contributed by atoms with E-state index in [1.165, 1.54) is 197 Å². The molecule has 29 aromatic rings. The molecule has 3 aromatic heterocycles. The van der Waals surface area contributed by atoms with Crippen LogP contribution in [0.4, 0.5) is 0 Å². The van der Waals surface area contributed by atoms with E-state index >= 15 is 0 Å². The van der Waals surface area contributed by atoms with E-state index in [4.69, 9.17) is 13.3 Å². The van der Waals surface area contributed by atoms with Gasteiger partial charge in [-0.25, -0.2) is 0 Å². The molecule has 0 radical (unpaired) electrons. The summed E-state index contributed by atoms with van der Waals surface area (Å²) in [5, 5.41) is 29.4. The van der Waals surface area contributed by atoms with Crippen LogP contribution in [0.15, 0.2) is 535 Å². The minimum Gasteiger partial charge on any atom is -0.456 e. The molecule has 0 spiro atoms. The van der Waals surface area contributed by atoms with Crippen molar-refractivity contribution in [1.29, 1.82) is 0 Å². The lowest BCUT2D eigenvalue weighted by Gasteiger charge is -2.19. The van der Waals surface area contributed by atoms with Gasteiger partial charge in [-0.05, 0) is 251 Å². The minimum atomic E-state index is 0.900. The van der Waals surface area contributed by atoms with Gasteiger partial charge in [0.2, 0.25) is 0 Å². The maximum Gasteiger partial charge on any atom is 0.143 e. The van der Waals surface area contributed by atoms with Crippen LogP contribution in [0.25, 0.3) is 285 Å². The molecule has 0 fully saturated rings. The van der Waals surface area contributed by atoms with Crippen LogP contribution in [0, 0.1) is 0 Å². The number of rotatable bonds is 11. The first-order chi connectivity index (χ1) is 70.0. The molecule has 0 saturated carbocycles. The predicted molar refractivity (Wildman–Crippen MR) is 599 cm³/mol. The minimum absolute atomic E-state index is 0.900. The van der Waals surface area contributed by atoms with Gasteiger partial charge in [0.25, 0.3) is 0 Å². The first kappa shape index (κ1) is 82.0. The van der Waals surface area contributed by atoms with Crippen LogP contribution in [0.3, 0.4) is 0 Å². The molecule has 3 heteroatoms. The van der Waals surface area contributed by atoms with Crippen LogP contribution in [-0.2, 0) is 0 Å². The summed E-state index contributed by atoms with van der Waals surface area (Å²) in [6.07, 6.45) is 0. The molecule has 141 heavy (non-hydrogen) atoms. The van der Waals surface area contributed by atoms with Crippen molar-refractivity contribution in [1.82, 2.24) is 0 Å². The second kappa shape index (κ2) is 34.4. The molecule has 3 heterocycles. The first-order valence-corrected chi connectivity index (χ1v) is 48.5. The normalized spacial score (nSPS) is 11.7. The topological polar surface area (TPSA) is 39.4 Å². The van der Waals surface area contributed by atoms with Crippen LogP contribution in [0.5, 0.6) is 0 Å². The van der Waals surface area contributed by atoms with Gasteiger partial charge in [0.1, 0.15) is 33.5 Å². The molecule has 0 unspecified atom stereocenters. The molecule has 656 valence electrons. The molecule has 3 nitrogen and oxygen atoms in total. The van der Waals surface area contributed by atoms with Crippen molar-refractivity contribution in [3.63, 3.8) is 0 Å². The van der Waals surface area contributed by atoms with Gasteiger partial charge in [0.15, 0.2) is 0 Å². The van der Waals surface area contributed by atoms with Crippen molar-refractivity contribution in [2.45, 2.75) is 0 Å². The summed E-state index contributed by atoms with van der Waals surface area (Å²) < 4.78 is 19.3. The average molecular weight is 1790 g/mol. The van der Waals surface area contributed by atoms with E-state index in [1.807, 2.05) is 18.2 Å². The third kappa shape index (κ3) is 13.8. The van der Waals surface area contributed by atoms with E-state index in [0.29, 0.717) is 0 Å². The maximum absolute atomic E-state index is 6.65. The fraction of sp³-hybridized carbons (Fsp3) is 0. The molecule has 0 aliphatic carbocycles. The lowest BCUT2D eigenvalue weighted by Crippen LogP contribution is -1.92. The van der Waals surface area contributed by atoms with E-state index in [2.05, 4.69) is 504 Å². The summed E-state index contributed by atoms with van der Waals surface area (Å²) in [5.41, 5.74) is 32.3. The van der Waals surface area contributed by atoms with Gasteiger partial charge in [-0.2, -0.15) is 0 Å². The van der Waals surface area contributed by atoms with Crippen LogP contribution in [0.2, 0.25) is 0 Å². The maximum atomic E-state index is 6.65. The zero-order chi connectivity index (χ0) is 93.0. The Balaban J connectivity index is 0.000000106. The highest BCUT2D eigenvalue weighted by Crippen LogP contribution is 2.54. The second-order valence-corrected chi connectivity index (χ2v) is 36.7. The summed E-state index contributed by atoms with van der Waals surface area (Å²) in [5.74, 6) is 0. The molecule has 0 bridgehead atoms. The van der Waals surface area contributed by atoms with Crippen LogP contribution in [-0.4, -0.2) is 0 Å². The third-order valence-corrected chi connectivity index (χ3v) is 29.0. The third-order valence-electron chi connectivity index (χ3n) is 29.0. The van der Waals surface area contributed by atoms with Gasteiger partial charge in [0, 0.05) is 43.4 Å². The Hall–Kier alpha value is -18.5. The van der Waals surface area contributed by atoms with Gasteiger partial charge >= 0.3 is 0 Å². The van der Waals surface area contributed by atoms with E-state index in [-0.39, 0.29) is 0 Å². The van der Waals surface area contributed by atoms with Crippen molar-refractivity contribution in [3.8, 4) is 122 Å². The quantitative estimate of drug-likeness (QED) is 0.121. The Bertz CT molecular complexity index is 9870. The van der Waals surface area contributed by atoms with Gasteiger partial charge in [-0.3, -0.25) is 0 Å². The lowest BCUT2D eigenvalue weighted by molar-refractivity contribution is 0.669. The Morgan fingerprint density at radius 1 is 0.0993 bits per heavy atom. The van der Waals surface area contributed by atoms with Crippen molar-refractivity contribution in [2.24, 2.45) is 0 Å². The fourth-order valence-corrected chi connectivity index (χ4v) is 23.0. The largest absolute Gasteiger partial charge is 0.456 e. The highest BCUT2D eigenvalue weighted by atomic mass is 16.3. The van der Waals surface area contributed by atoms with E-state index < -0.39 is 0 Å². The number of benzene rings is 26. The van der Waals surface area contributed by atoms with Crippen LogP contribution in [0.1, 0.15) is 0 Å². The van der Waals surface area contributed by atoms with Crippen molar-refractivity contribution in [2.75, 3.05) is 0 Å². The Morgan fingerprint density at radius 3 is 0.759 bits per heavy atom. The summed E-state index contributed by atoms with van der Waals surface area (Å²) >= 11 is 0. The average Bonchev–Trinajstić information content (AvgIpc) is 1.57. The molecular formula is C138H86O3. The summed E-state index contributed by atoms with van der Waals surface area (Å²) in [7, 11) is 0. The number of furan rings is 3. The molecule has 0 aliphatic heterocycles. The molecular weight excluding hydrogens is 1710 g/mol.